The van der Waals surface area contributed by atoms with Gasteiger partial charge in [0, 0.05) is 12.3 Å². The average Bonchev–Trinajstić information content (AvgIpc) is 2.41. The van der Waals surface area contributed by atoms with E-state index in [-0.39, 0.29) is 27.9 Å². The fraction of sp³-hybridized carbons (Fsp3) is 0. The summed E-state index contributed by atoms with van der Waals surface area (Å²) >= 11 is 5.87. The molecule has 0 aliphatic rings. The Hall–Kier alpha value is -2.67. The molecule has 0 spiro atoms. The molecule has 1 heterocycles. The number of carbonyl (C=O) groups is 1. The van der Waals surface area contributed by atoms with E-state index in [1.165, 1.54) is 30.5 Å². The van der Waals surface area contributed by atoms with Gasteiger partial charge < -0.3 is 9.84 Å². The Morgan fingerprint density at radius 3 is 2.75 bits per heavy atom. The van der Waals surface area contributed by atoms with Crippen LogP contribution in [0.5, 0.6) is 11.5 Å². The smallest absolute Gasteiger partial charge is 0.358 e. The molecule has 0 unspecified atom stereocenters. The molecule has 7 nitrogen and oxygen atoms in total. The van der Waals surface area contributed by atoms with E-state index in [4.69, 9.17) is 21.4 Å². The third-order valence-electron chi connectivity index (χ3n) is 2.32. The molecular formula is C12H7ClN2O5. The zero-order valence-corrected chi connectivity index (χ0v) is 10.6. The lowest BCUT2D eigenvalue weighted by atomic mass is 10.3. The van der Waals surface area contributed by atoms with E-state index in [1.54, 1.807) is 0 Å². The van der Waals surface area contributed by atoms with Gasteiger partial charge in [0.2, 0.25) is 0 Å². The van der Waals surface area contributed by atoms with Crippen molar-refractivity contribution in [1.29, 1.82) is 0 Å². The van der Waals surface area contributed by atoms with E-state index >= 15 is 0 Å². The molecule has 0 amide bonds. The van der Waals surface area contributed by atoms with Crippen molar-refractivity contribution in [2.45, 2.75) is 0 Å². The predicted octanol–water partition coefficient (Wildman–Crippen LogP) is 3.13. The number of aromatic carboxylic acids is 1. The minimum atomic E-state index is -1.28. The Labute approximate surface area is 117 Å². The van der Waals surface area contributed by atoms with Crippen LogP contribution in [-0.4, -0.2) is 21.0 Å². The van der Waals surface area contributed by atoms with Crippen LogP contribution in [0.4, 0.5) is 5.69 Å². The molecule has 0 radical (unpaired) electrons. The van der Waals surface area contributed by atoms with Gasteiger partial charge in [-0.1, -0.05) is 11.6 Å². The summed E-state index contributed by atoms with van der Waals surface area (Å²) in [4.78, 5) is 24.7. The second-order valence-corrected chi connectivity index (χ2v) is 4.04. The van der Waals surface area contributed by atoms with Gasteiger partial charge in [0.05, 0.1) is 16.0 Å². The monoisotopic (exact) mass is 294 g/mol. The first-order chi connectivity index (χ1) is 9.49. The summed E-state index contributed by atoms with van der Waals surface area (Å²) in [6, 6.07) is 6.49. The maximum Gasteiger partial charge on any atom is 0.358 e. The first-order valence-corrected chi connectivity index (χ1v) is 5.67. The lowest BCUT2D eigenvalue weighted by molar-refractivity contribution is -0.384. The van der Waals surface area contributed by atoms with E-state index in [0.29, 0.717) is 0 Å². The third kappa shape index (κ3) is 2.83. The van der Waals surface area contributed by atoms with Crippen molar-refractivity contribution in [3.8, 4) is 11.5 Å². The number of nitro groups is 1. The van der Waals surface area contributed by atoms with Crippen molar-refractivity contribution in [2.24, 2.45) is 0 Å². The second-order valence-electron chi connectivity index (χ2n) is 3.63. The zero-order chi connectivity index (χ0) is 14.7. The Morgan fingerprint density at radius 2 is 2.10 bits per heavy atom. The summed E-state index contributed by atoms with van der Waals surface area (Å²) in [5, 5.41) is 19.8. The van der Waals surface area contributed by atoms with Crippen molar-refractivity contribution >= 4 is 23.3 Å². The number of non-ortho nitro benzene ring substituents is 1. The summed E-state index contributed by atoms with van der Waals surface area (Å²) in [7, 11) is 0. The largest absolute Gasteiger partial charge is 0.476 e. The van der Waals surface area contributed by atoms with E-state index in [2.05, 4.69) is 4.98 Å². The van der Waals surface area contributed by atoms with Crippen LogP contribution in [0.25, 0.3) is 0 Å². The quantitative estimate of drug-likeness (QED) is 0.686. The van der Waals surface area contributed by atoms with Crippen LogP contribution in [0.2, 0.25) is 5.02 Å². The first kappa shape index (κ1) is 13.8. The van der Waals surface area contributed by atoms with Crippen molar-refractivity contribution in [3.63, 3.8) is 0 Å². The molecule has 2 aromatic rings. The van der Waals surface area contributed by atoms with Gasteiger partial charge in [-0.2, -0.15) is 0 Å². The van der Waals surface area contributed by atoms with Crippen LogP contribution < -0.4 is 4.74 Å². The van der Waals surface area contributed by atoms with Gasteiger partial charge in [0.15, 0.2) is 17.2 Å². The average molecular weight is 295 g/mol. The van der Waals surface area contributed by atoms with Crippen LogP contribution in [0, 0.1) is 10.1 Å². The summed E-state index contributed by atoms with van der Waals surface area (Å²) in [5.74, 6) is -1.35. The molecule has 1 aromatic heterocycles. The molecule has 0 saturated carbocycles. The Bertz CT molecular complexity index is 689. The summed E-state index contributed by atoms with van der Waals surface area (Å²) in [6.45, 7) is 0. The number of nitrogens with zero attached hydrogens (tertiary/aromatic N) is 2. The number of hydrogen-bond acceptors (Lipinski definition) is 5. The number of rotatable bonds is 4. The van der Waals surface area contributed by atoms with Gasteiger partial charge in [-0.05, 0) is 18.2 Å². The molecule has 8 heteroatoms. The molecule has 2 rings (SSSR count). The van der Waals surface area contributed by atoms with E-state index in [1.807, 2.05) is 0 Å². The maximum atomic E-state index is 11.0. The highest BCUT2D eigenvalue weighted by atomic mass is 35.5. The number of carboxylic acid groups (broad SMARTS) is 1. The van der Waals surface area contributed by atoms with Crippen molar-refractivity contribution < 1.29 is 19.6 Å². The van der Waals surface area contributed by atoms with E-state index in [0.717, 1.165) is 6.07 Å². The maximum absolute atomic E-state index is 11.0. The highest BCUT2D eigenvalue weighted by molar-refractivity contribution is 6.32. The standard InChI is InChI=1S/C12H7ClN2O5/c13-8-4-3-7(15(18)19)6-10(8)20-9-2-1-5-14-11(9)12(16)17/h1-6H,(H,16,17). The van der Waals surface area contributed by atoms with Gasteiger partial charge in [-0.15, -0.1) is 0 Å². The Kier molecular flexibility index (Phi) is 3.81. The molecule has 1 N–H and O–H groups in total. The van der Waals surface area contributed by atoms with Crippen molar-refractivity contribution in [3.05, 3.63) is 57.4 Å². The highest BCUT2D eigenvalue weighted by Gasteiger charge is 2.16. The van der Waals surface area contributed by atoms with Gasteiger partial charge in [-0.3, -0.25) is 10.1 Å². The summed E-state index contributed by atoms with van der Waals surface area (Å²) < 4.78 is 5.31. The SMILES string of the molecule is O=C(O)c1ncccc1Oc1cc([N+](=O)[O-])ccc1Cl. The van der Waals surface area contributed by atoms with Crippen LogP contribution >= 0.6 is 11.6 Å². The van der Waals surface area contributed by atoms with Crippen LogP contribution in [0.1, 0.15) is 10.5 Å². The molecule has 0 atom stereocenters. The van der Waals surface area contributed by atoms with E-state index in [9.17, 15) is 14.9 Å². The minimum absolute atomic E-state index is 0.0173. The Balaban J connectivity index is 2.42. The number of aromatic nitrogens is 1. The fourth-order valence-corrected chi connectivity index (χ4v) is 1.59. The lowest BCUT2D eigenvalue weighted by Gasteiger charge is -2.08. The third-order valence-corrected chi connectivity index (χ3v) is 2.63. The molecule has 0 bridgehead atoms. The highest BCUT2D eigenvalue weighted by Crippen LogP contribution is 2.33. The van der Waals surface area contributed by atoms with Gasteiger partial charge >= 0.3 is 5.97 Å². The number of nitro benzene ring substituents is 1. The zero-order valence-electron chi connectivity index (χ0n) is 9.82. The topological polar surface area (TPSA) is 103 Å². The first-order valence-electron chi connectivity index (χ1n) is 5.29. The molecule has 0 saturated heterocycles. The second kappa shape index (κ2) is 5.54. The van der Waals surface area contributed by atoms with Crippen molar-refractivity contribution in [1.82, 2.24) is 4.98 Å². The van der Waals surface area contributed by atoms with Crippen molar-refractivity contribution in [2.75, 3.05) is 0 Å². The minimum Gasteiger partial charge on any atom is -0.476 e. The number of ether oxygens (including phenoxy) is 1. The number of halogens is 1. The number of hydrogen-bond donors (Lipinski definition) is 1. The van der Waals surface area contributed by atoms with Crippen LogP contribution in [0.15, 0.2) is 36.5 Å². The number of carboxylic acids is 1. The normalized spacial score (nSPS) is 10.1. The molecular weight excluding hydrogens is 288 g/mol. The van der Waals surface area contributed by atoms with Crippen LogP contribution in [0.3, 0.4) is 0 Å². The predicted molar refractivity (Wildman–Crippen MR) is 69.4 cm³/mol. The summed E-state index contributed by atoms with van der Waals surface area (Å²) in [5.41, 5.74) is -0.528. The molecule has 1 aromatic carbocycles. The van der Waals surface area contributed by atoms with Gasteiger partial charge in [0.25, 0.3) is 5.69 Å². The van der Waals surface area contributed by atoms with E-state index < -0.39 is 10.9 Å². The Morgan fingerprint density at radius 1 is 1.35 bits per heavy atom. The summed E-state index contributed by atoms with van der Waals surface area (Å²) in [6.07, 6.45) is 1.30. The molecule has 20 heavy (non-hydrogen) atoms. The lowest BCUT2D eigenvalue weighted by Crippen LogP contribution is -2.03. The van der Waals surface area contributed by atoms with Crippen LogP contribution in [-0.2, 0) is 0 Å². The fourth-order valence-electron chi connectivity index (χ4n) is 1.44. The number of pyridine rings is 1. The number of benzene rings is 1. The molecule has 0 aliphatic heterocycles. The van der Waals surface area contributed by atoms with Gasteiger partial charge in [-0.25, -0.2) is 9.78 Å². The molecule has 0 aliphatic carbocycles. The molecule has 0 fully saturated rings. The molecule has 102 valence electrons. The van der Waals surface area contributed by atoms with Gasteiger partial charge in [0.1, 0.15) is 0 Å².